The van der Waals surface area contributed by atoms with Crippen LogP contribution in [0, 0.1) is 0 Å². The molecule has 0 rings (SSSR count). The van der Waals surface area contributed by atoms with Gasteiger partial charge in [0.25, 0.3) is 0 Å². The van der Waals surface area contributed by atoms with Crippen molar-refractivity contribution in [1.82, 2.24) is 0 Å². The Labute approximate surface area is 89.7 Å². The van der Waals surface area contributed by atoms with Crippen molar-refractivity contribution in [1.29, 1.82) is 0 Å². The Hall–Kier alpha value is -0.0631. The van der Waals surface area contributed by atoms with Crippen LogP contribution in [0.15, 0.2) is 12.2 Å². The molecule has 0 aromatic heterocycles. The van der Waals surface area contributed by atoms with Gasteiger partial charge in [-0.15, -0.1) is 0 Å². The molecule has 0 atom stereocenters. The predicted octanol–water partition coefficient (Wildman–Crippen LogP) is 3.06. The molecule has 0 unspecified atom stereocenters. The van der Waals surface area contributed by atoms with Crippen LogP contribution in [0.1, 0.15) is 0 Å². The maximum atomic E-state index is 5.41. The highest BCUT2D eigenvalue weighted by Gasteiger charge is 2.14. The van der Waals surface area contributed by atoms with E-state index in [4.69, 9.17) is 37.1 Å². The minimum absolute atomic E-state index is 0.0117. The zero-order valence-corrected chi connectivity index (χ0v) is 10.5. The molecule has 0 aromatic carbocycles. The Morgan fingerprint density at radius 2 is 1.62 bits per heavy atom. The Kier molecular flexibility index (Phi) is 6.37. The van der Waals surface area contributed by atoms with Gasteiger partial charge in [0.15, 0.2) is 12.1 Å². The number of rotatable bonds is 6. The van der Waals surface area contributed by atoms with Gasteiger partial charge >= 0.3 is 5.95 Å². The number of hydrogen-bond acceptors (Lipinski definition) is 3. The quantitative estimate of drug-likeness (QED) is 0.409. The SMILES string of the molecule is C[Si](C)(C)OC=C(OCCl)OCCl. The molecule has 78 valence electrons. The largest absolute Gasteiger partial charge is 0.545 e. The van der Waals surface area contributed by atoms with E-state index in [1.54, 1.807) is 0 Å². The summed E-state index contributed by atoms with van der Waals surface area (Å²) in [5, 5.41) is 0. The number of alkyl halides is 2. The fourth-order valence-corrected chi connectivity index (χ4v) is 1.11. The smallest absolute Gasteiger partial charge is 0.316 e. The van der Waals surface area contributed by atoms with Crippen LogP contribution in [0.25, 0.3) is 0 Å². The summed E-state index contributed by atoms with van der Waals surface area (Å²) in [6.45, 7) is 6.13. The van der Waals surface area contributed by atoms with E-state index in [0.717, 1.165) is 0 Å². The van der Waals surface area contributed by atoms with Crippen molar-refractivity contribution in [2.75, 3.05) is 12.1 Å². The fraction of sp³-hybridized carbons (Fsp3) is 0.714. The van der Waals surface area contributed by atoms with Crippen LogP contribution >= 0.6 is 23.2 Å². The monoisotopic (exact) mass is 244 g/mol. The average molecular weight is 245 g/mol. The first-order valence-corrected chi connectivity index (χ1v) is 8.23. The maximum absolute atomic E-state index is 5.41. The van der Waals surface area contributed by atoms with Crippen LogP contribution in [0.5, 0.6) is 0 Å². The van der Waals surface area contributed by atoms with Crippen LogP contribution in [-0.4, -0.2) is 20.4 Å². The summed E-state index contributed by atoms with van der Waals surface area (Å²) in [5.41, 5.74) is 0. The zero-order valence-electron chi connectivity index (χ0n) is 7.97. The van der Waals surface area contributed by atoms with Gasteiger partial charge in [0.05, 0.1) is 0 Å². The molecule has 3 nitrogen and oxygen atoms in total. The van der Waals surface area contributed by atoms with Crippen molar-refractivity contribution in [3.63, 3.8) is 0 Å². The van der Waals surface area contributed by atoms with Crippen LogP contribution in [0.2, 0.25) is 19.6 Å². The zero-order chi connectivity index (χ0) is 10.3. The van der Waals surface area contributed by atoms with Crippen molar-refractivity contribution < 1.29 is 13.9 Å². The summed E-state index contributed by atoms with van der Waals surface area (Å²) in [6.07, 6.45) is 1.41. The Balaban J connectivity index is 4.02. The molecular weight excluding hydrogens is 231 g/mol. The first kappa shape index (κ1) is 12.9. The molecule has 0 saturated heterocycles. The lowest BCUT2D eigenvalue weighted by molar-refractivity contribution is 0.0668. The minimum Gasteiger partial charge on any atom is -0.545 e. The van der Waals surface area contributed by atoms with Gasteiger partial charge in [0.1, 0.15) is 6.26 Å². The Morgan fingerprint density at radius 3 is 1.92 bits per heavy atom. The van der Waals surface area contributed by atoms with Gasteiger partial charge in [0, 0.05) is 0 Å². The highest BCUT2D eigenvalue weighted by molar-refractivity contribution is 6.69. The Morgan fingerprint density at radius 1 is 1.15 bits per heavy atom. The molecule has 0 aliphatic rings. The van der Waals surface area contributed by atoms with Crippen molar-refractivity contribution in [2.24, 2.45) is 0 Å². The van der Waals surface area contributed by atoms with Crippen molar-refractivity contribution >= 4 is 31.5 Å². The van der Waals surface area contributed by atoms with E-state index in [-0.39, 0.29) is 18.1 Å². The summed E-state index contributed by atoms with van der Waals surface area (Å²) in [5.74, 6) is 0.215. The van der Waals surface area contributed by atoms with Gasteiger partial charge in [0.2, 0.25) is 8.32 Å². The first-order valence-electron chi connectivity index (χ1n) is 3.75. The second kappa shape index (κ2) is 6.40. The van der Waals surface area contributed by atoms with Gasteiger partial charge < -0.3 is 13.9 Å². The van der Waals surface area contributed by atoms with Gasteiger partial charge in [-0.1, -0.05) is 23.2 Å². The average Bonchev–Trinajstić information content (AvgIpc) is 2.00. The summed E-state index contributed by atoms with van der Waals surface area (Å²) in [7, 11) is -1.60. The van der Waals surface area contributed by atoms with E-state index in [1.165, 1.54) is 6.26 Å². The lowest BCUT2D eigenvalue weighted by Gasteiger charge is -2.16. The van der Waals surface area contributed by atoms with E-state index in [2.05, 4.69) is 0 Å². The van der Waals surface area contributed by atoms with Gasteiger partial charge in [-0.3, -0.25) is 0 Å². The summed E-state index contributed by atoms with van der Waals surface area (Å²) in [4.78, 5) is 0. The number of hydrogen-bond donors (Lipinski definition) is 0. The highest BCUT2D eigenvalue weighted by Crippen LogP contribution is 2.08. The molecule has 0 radical (unpaired) electrons. The van der Waals surface area contributed by atoms with E-state index in [1.807, 2.05) is 19.6 Å². The predicted molar refractivity (Wildman–Crippen MR) is 56.1 cm³/mol. The third-order valence-electron chi connectivity index (χ3n) is 0.902. The normalized spacial score (nSPS) is 10.5. The van der Waals surface area contributed by atoms with Crippen molar-refractivity contribution in [3.05, 3.63) is 12.2 Å². The molecule has 0 fully saturated rings. The first-order chi connectivity index (χ1) is 5.99. The summed E-state index contributed by atoms with van der Waals surface area (Å²) < 4.78 is 15.2. The topological polar surface area (TPSA) is 27.7 Å². The molecule has 0 amide bonds. The summed E-state index contributed by atoms with van der Waals surface area (Å²) >= 11 is 10.7. The lowest BCUT2D eigenvalue weighted by Crippen LogP contribution is -2.22. The molecular formula is C7H14Cl2O3Si. The van der Waals surface area contributed by atoms with Crippen molar-refractivity contribution in [2.45, 2.75) is 19.6 Å². The molecule has 0 saturated carbocycles. The number of ether oxygens (including phenoxy) is 2. The highest BCUT2D eigenvalue weighted by atomic mass is 35.5. The standard InChI is InChI=1S/C7H14Cl2O3Si/c1-13(2,3)12-4-7(10-5-8)11-6-9/h4H,5-6H2,1-3H3. The minimum atomic E-state index is -1.60. The second-order valence-corrected chi connectivity index (χ2v) is 8.07. The fourth-order valence-electron chi connectivity index (χ4n) is 0.442. The van der Waals surface area contributed by atoms with Crippen LogP contribution < -0.4 is 0 Å². The van der Waals surface area contributed by atoms with Gasteiger partial charge in [-0.2, -0.15) is 0 Å². The Bertz CT molecular complexity index is 160. The lowest BCUT2D eigenvalue weighted by atomic mass is 10.9. The van der Waals surface area contributed by atoms with Crippen LogP contribution in [0.3, 0.4) is 0 Å². The van der Waals surface area contributed by atoms with Crippen LogP contribution in [0.4, 0.5) is 0 Å². The molecule has 0 heterocycles. The van der Waals surface area contributed by atoms with Crippen molar-refractivity contribution in [3.8, 4) is 0 Å². The van der Waals surface area contributed by atoms with E-state index >= 15 is 0 Å². The molecule has 13 heavy (non-hydrogen) atoms. The van der Waals surface area contributed by atoms with E-state index in [9.17, 15) is 0 Å². The van der Waals surface area contributed by atoms with Gasteiger partial charge in [-0.05, 0) is 19.6 Å². The molecule has 6 heteroatoms. The van der Waals surface area contributed by atoms with E-state index < -0.39 is 8.32 Å². The van der Waals surface area contributed by atoms with E-state index in [0.29, 0.717) is 0 Å². The maximum Gasteiger partial charge on any atom is 0.316 e. The summed E-state index contributed by atoms with van der Waals surface area (Å²) in [6, 6.07) is 0.0234. The molecule has 0 N–H and O–H groups in total. The second-order valence-electron chi connectivity index (χ2n) is 3.17. The third-order valence-corrected chi connectivity index (χ3v) is 1.95. The molecule has 0 aromatic rings. The number of halogens is 2. The molecule has 0 bridgehead atoms. The molecule has 0 spiro atoms. The molecule has 0 aliphatic heterocycles. The third kappa shape index (κ3) is 8.27. The molecule has 0 aliphatic carbocycles. The van der Waals surface area contributed by atoms with Gasteiger partial charge in [-0.25, -0.2) is 0 Å². The van der Waals surface area contributed by atoms with Crippen LogP contribution in [-0.2, 0) is 13.9 Å².